The third kappa shape index (κ3) is 8.08. The highest BCUT2D eigenvalue weighted by molar-refractivity contribution is 5.85. The van der Waals surface area contributed by atoms with Crippen LogP contribution in [0.15, 0.2) is 54.8 Å². The van der Waals surface area contributed by atoms with Crippen LogP contribution in [0, 0.1) is 5.92 Å². The lowest BCUT2D eigenvalue weighted by molar-refractivity contribution is -0.128. The summed E-state index contributed by atoms with van der Waals surface area (Å²) in [5.41, 5.74) is 2.10. The molecule has 1 saturated heterocycles. The van der Waals surface area contributed by atoms with Crippen molar-refractivity contribution in [2.75, 3.05) is 33.4 Å². The normalized spacial score (nSPS) is 31.2. The molecule has 2 fully saturated rings. The van der Waals surface area contributed by atoms with E-state index in [1.54, 1.807) is 0 Å². The molecule has 9 nitrogen and oxygen atoms in total. The quantitative estimate of drug-likeness (QED) is 0.208. The number of fused-ring (bicyclic) bond motifs is 5. The Bertz CT molecular complexity index is 1470. The van der Waals surface area contributed by atoms with E-state index >= 15 is 0 Å². The lowest BCUT2D eigenvalue weighted by Gasteiger charge is -2.36. The molecule has 0 bridgehead atoms. The molecule has 0 unspecified atom stereocenters. The second kappa shape index (κ2) is 14.3. The molecule has 1 aromatic heterocycles. The Balaban J connectivity index is 0.00000270. The molecule has 2 N–H and O–H groups in total. The molecule has 1 aromatic carbocycles. The van der Waals surface area contributed by atoms with Gasteiger partial charge in [-0.25, -0.2) is 0 Å². The van der Waals surface area contributed by atoms with Crippen molar-refractivity contribution in [1.29, 1.82) is 0 Å². The van der Waals surface area contributed by atoms with Crippen LogP contribution in [0.25, 0.3) is 10.9 Å². The summed E-state index contributed by atoms with van der Waals surface area (Å²) in [7, 11) is 0. The number of rotatable bonds is 6. The number of nitrogens with zero attached hydrogens (tertiary/aromatic N) is 2. The molecule has 47 heavy (non-hydrogen) atoms. The van der Waals surface area contributed by atoms with Gasteiger partial charge in [-0.15, -0.1) is 0 Å². The number of ether oxygens (including phenoxy) is 4. The predicted molar refractivity (Wildman–Crippen MR) is 188 cm³/mol. The number of carbonyl (C=O) groups is 1. The fourth-order valence-electron chi connectivity index (χ4n) is 7.49. The first-order chi connectivity index (χ1) is 22.6. The number of benzene rings is 1. The fraction of sp³-hybridized carbons (Fsp3) is 0.632. The molecule has 1 amide bonds. The van der Waals surface area contributed by atoms with E-state index in [0.29, 0.717) is 33.0 Å². The van der Waals surface area contributed by atoms with Gasteiger partial charge < -0.3 is 24.3 Å². The molecular weight excluding hydrogens is 592 g/mol. The van der Waals surface area contributed by atoms with Crippen LogP contribution in [0.2, 0.25) is 0 Å². The maximum atomic E-state index is 14.2. The van der Waals surface area contributed by atoms with Gasteiger partial charge in [0.05, 0.1) is 49.0 Å². The van der Waals surface area contributed by atoms with Crippen LogP contribution in [0.3, 0.4) is 0 Å². The van der Waals surface area contributed by atoms with Gasteiger partial charge >= 0.3 is 0 Å². The molecule has 0 radical (unpaired) electrons. The molecule has 1 saturated carbocycles. The third-order valence-corrected chi connectivity index (χ3v) is 10.3. The minimum absolute atomic E-state index is 0. The molecule has 4 heterocycles. The monoisotopic (exact) mass is 650 g/mol. The first kappa shape index (κ1) is 34.1. The Hall–Kier alpha value is -2.82. The number of aryl methyl sites for hydroxylation is 1. The molecule has 6 rings (SSSR count). The third-order valence-electron chi connectivity index (χ3n) is 10.3. The topological polar surface area (TPSA) is 94.2 Å². The van der Waals surface area contributed by atoms with Gasteiger partial charge in [0.2, 0.25) is 5.91 Å². The van der Waals surface area contributed by atoms with Crippen molar-refractivity contribution in [3.63, 3.8) is 0 Å². The van der Waals surface area contributed by atoms with Crippen molar-refractivity contribution in [2.45, 2.75) is 114 Å². The smallest absolute Gasteiger partial charge is 0.238 e. The predicted octanol–water partition coefficient (Wildman–Crippen LogP) is 6.52. The van der Waals surface area contributed by atoms with Gasteiger partial charge in [0.15, 0.2) is 0 Å². The van der Waals surface area contributed by atoms with Crippen LogP contribution in [-0.4, -0.2) is 78.0 Å². The van der Waals surface area contributed by atoms with Crippen molar-refractivity contribution >= 4 is 16.8 Å². The standard InChI is InChI=1S/C38H54N4O5.2H2/c1-27(2)38-19-28(38)13-9-7-6-8-10-14-29(40-24-45-26-46-36(3,4)5)22-44-25-42-23-37(20-33(42)35(43)41-38)18-17-31-30-15-11-12-16-32(30)39-21-34(31)47-37;;/h9,11-13,15-16,21,28-29,33,40H,1,6-8,10,14,17-20,22-26H2,2-5H3,(H,41,43);2*1H/b13-9-;;/t28-,29+,33+,37-,38+;;/m1../s1. The first-order valence-electron chi connectivity index (χ1n) is 17.5. The van der Waals surface area contributed by atoms with E-state index in [-0.39, 0.29) is 44.7 Å². The number of carbonyl (C=O) groups excluding carboxylic acids is 1. The van der Waals surface area contributed by atoms with Crippen LogP contribution in [-0.2, 0) is 25.4 Å². The number of hydrogen-bond acceptors (Lipinski definition) is 8. The van der Waals surface area contributed by atoms with E-state index in [1.807, 2.05) is 46.0 Å². The minimum Gasteiger partial charge on any atom is -0.484 e. The summed E-state index contributed by atoms with van der Waals surface area (Å²) in [6.45, 7) is 14.5. The number of aromatic nitrogens is 1. The van der Waals surface area contributed by atoms with Crippen molar-refractivity contribution in [2.24, 2.45) is 5.92 Å². The van der Waals surface area contributed by atoms with E-state index in [1.165, 1.54) is 5.56 Å². The van der Waals surface area contributed by atoms with Gasteiger partial charge in [-0.3, -0.25) is 20.0 Å². The highest BCUT2D eigenvalue weighted by atomic mass is 16.7. The van der Waals surface area contributed by atoms with Crippen LogP contribution in [0.4, 0.5) is 0 Å². The maximum Gasteiger partial charge on any atom is 0.238 e. The van der Waals surface area contributed by atoms with Crippen LogP contribution >= 0.6 is 0 Å². The molecule has 4 aliphatic rings. The van der Waals surface area contributed by atoms with E-state index in [2.05, 4.69) is 51.4 Å². The minimum atomic E-state index is -0.485. The molecule has 5 atom stereocenters. The lowest BCUT2D eigenvalue weighted by atomic mass is 9.87. The van der Waals surface area contributed by atoms with Crippen LogP contribution in [0.5, 0.6) is 5.75 Å². The average molecular weight is 651 g/mol. The molecule has 3 aliphatic heterocycles. The number of amides is 1. The van der Waals surface area contributed by atoms with Crippen molar-refractivity contribution in [3.05, 3.63) is 60.3 Å². The average Bonchev–Trinajstić information content (AvgIpc) is 3.63. The second-order valence-electron chi connectivity index (χ2n) is 15.1. The Morgan fingerprint density at radius 2 is 2.09 bits per heavy atom. The number of nitrogens with one attached hydrogen (secondary N) is 2. The zero-order valence-electron chi connectivity index (χ0n) is 28.8. The van der Waals surface area contributed by atoms with E-state index < -0.39 is 5.60 Å². The molecular formula is C38H58N4O5. The first-order valence-corrected chi connectivity index (χ1v) is 17.5. The zero-order valence-corrected chi connectivity index (χ0v) is 28.8. The fourth-order valence-corrected chi connectivity index (χ4v) is 7.49. The summed E-state index contributed by atoms with van der Waals surface area (Å²) in [6.07, 6.45) is 15.1. The zero-order chi connectivity index (χ0) is 33.1. The SMILES string of the molecule is C=C(C)[C@@]12C[C@H]1/C=C\CCCCC[C@H](NCOCOC(C)(C)C)COCN1C[C@@]3(CCc4c(cnc5ccccc45)O3)C[C@H]1C(=O)N2.[HH].[HH]. The summed E-state index contributed by atoms with van der Waals surface area (Å²) in [5.74, 6) is 1.14. The summed E-state index contributed by atoms with van der Waals surface area (Å²) < 4.78 is 24.7. The van der Waals surface area contributed by atoms with Gasteiger partial charge in [0.25, 0.3) is 0 Å². The largest absolute Gasteiger partial charge is 0.484 e. The Labute approximate surface area is 283 Å². The summed E-state index contributed by atoms with van der Waals surface area (Å²) >= 11 is 0. The van der Waals surface area contributed by atoms with Crippen LogP contribution in [0.1, 0.15) is 87.5 Å². The van der Waals surface area contributed by atoms with Crippen molar-refractivity contribution in [1.82, 2.24) is 20.5 Å². The number of allylic oxidation sites excluding steroid dienone is 1. The maximum absolute atomic E-state index is 14.2. The van der Waals surface area contributed by atoms with Gasteiger partial charge in [-0.05, 0) is 72.3 Å². The summed E-state index contributed by atoms with van der Waals surface area (Å²) in [4.78, 5) is 21.1. The molecule has 2 aromatic rings. The van der Waals surface area contributed by atoms with Crippen LogP contribution < -0.4 is 15.4 Å². The highest BCUT2D eigenvalue weighted by Crippen LogP contribution is 2.50. The van der Waals surface area contributed by atoms with Gasteiger partial charge in [-0.2, -0.15) is 0 Å². The number of hydrogen-bond donors (Lipinski definition) is 2. The van der Waals surface area contributed by atoms with Crippen molar-refractivity contribution < 1.29 is 26.6 Å². The Kier molecular flexibility index (Phi) is 10.4. The summed E-state index contributed by atoms with van der Waals surface area (Å²) in [5, 5.41) is 8.12. The Morgan fingerprint density at radius 3 is 2.91 bits per heavy atom. The van der Waals surface area contributed by atoms with Gasteiger partial charge in [-0.1, -0.05) is 55.3 Å². The molecule has 260 valence electrons. The lowest BCUT2D eigenvalue weighted by Crippen LogP contribution is -2.49. The van der Waals surface area contributed by atoms with Gasteiger partial charge in [0, 0.05) is 38.7 Å². The molecule has 9 heteroatoms. The number of para-hydroxylation sites is 1. The molecule has 1 spiro atoms. The van der Waals surface area contributed by atoms with E-state index in [4.69, 9.17) is 18.9 Å². The van der Waals surface area contributed by atoms with E-state index in [9.17, 15) is 4.79 Å². The van der Waals surface area contributed by atoms with E-state index in [0.717, 1.165) is 73.6 Å². The number of pyridine rings is 1. The summed E-state index contributed by atoms with van der Waals surface area (Å²) in [6, 6.07) is 8.00. The highest BCUT2D eigenvalue weighted by Gasteiger charge is 2.57. The molecule has 1 aliphatic carbocycles. The second-order valence-corrected chi connectivity index (χ2v) is 15.1. The van der Waals surface area contributed by atoms with Crippen molar-refractivity contribution in [3.8, 4) is 5.75 Å². The Morgan fingerprint density at radius 1 is 1.23 bits per heavy atom. The van der Waals surface area contributed by atoms with Gasteiger partial charge in [0.1, 0.15) is 18.1 Å².